The molecule has 1 aromatic rings. The van der Waals surface area contributed by atoms with Crippen LogP contribution >= 0.6 is 0 Å². The minimum absolute atomic E-state index is 0.0260. The van der Waals surface area contributed by atoms with Crippen molar-refractivity contribution in [2.75, 3.05) is 5.75 Å². The molecule has 0 radical (unpaired) electrons. The molecule has 0 fully saturated rings. The number of nitrogens with one attached hydrogen (secondary N) is 1. The molecule has 0 aliphatic carbocycles. The quantitative estimate of drug-likeness (QED) is 0.606. The summed E-state index contributed by atoms with van der Waals surface area (Å²) >= 11 is 0. The number of carbonyl (C=O) groups excluding carboxylic acids is 1. The van der Waals surface area contributed by atoms with E-state index in [0.717, 1.165) is 38.5 Å². The van der Waals surface area contributed by atoms with Gasteiger partial charge in [0.05, 0.1) is 10.5 Å². The first-order valence-electron chi connectivity index (χ1n) is 9.65. The monoisotopic (exact) mass is 381 g/mol. The van der Waals surface area contributed by atoms with Crippen LogP contribution in [0.15, 0.2) is 24.3 Å². The van der Waals surface area contributed by atoms with Crippen molar-refractivity contribution in [3.63, 3.8) is 0 Å². The maximum atomic E-state index is 12.0. The summed E-state index contributed by atoms with van der Waals surface area (Å²) in [6.45, 7) is 9.19. The van der Waals surface area contributed by atoms with E-state index in [-0.39, 0.29) is 17.7 Å². The molecule has 0 bridgehead atoms. The molecule has 1 aromatic carbocycles. The standard InChI is InChI=1S/C21H35NO3S/c1-17(2)22-20(23)19-14-11-13-18(16-19)12-9-7-6-8-10-15-26(24,25)21(3,4)5/h11,13-14,16-17H,6-10,12,15H2,1-5H3,(H,22,23). The van der Waals surface area contributed by atoms with Crippen LogP contribution in [0, 0.1) is 0 Å². The molecular weight excluding hydrogens is 346 g/mol. The second kappa shape index (κ2) is 10.1. The highest BCUT2D eigenvalue weighted by molar-refractivity contribution is 7.92. The fourth-order valence-electron chi connectivity index (χ4n) is 2.67. The molecule has 0 aliphatic heterocycles. The molecule has 0 heterocycles. The number of sulfone groups is 1. The average molecular weight is 382 g/mol. The van der Waals surface area contributed by atoms with E-state index in [2.05, 4.69) is 11.4 Å². The Balaban J connectivity index is 2.29. The van der Waals surface area contributed by atoms with Gasteiger partial charge in [0.15, 0.2) is 9.84 Å². The van der Waals surface area contributed by atoms with Crippen molar-refractivity contribution < 1.29 is 13.2 Å². The Labute approximate surface area is 159 Å². The molecule has 0 saturated heterocycles. The molecular formula is C21H35NO3S. The van der Waals surface area contributed by atoms with Crippen LogP contribution in [-0.4, -0.2) is 30.9 Å². The second-order valence-electron chi connectivity index (χ2n) is 8.28. The fourth-order valence-corrected chi connectivity index (χ4v) is 3.87. The molecule has 0 saturated carbocycles. The van der Waals surface area contributed by atoms with E-state index in [9.17, 15) is 13.2 Å². The van der Waals surface area contributed by atoms with Crippen molar-refractivity contribution in [2.24, 2.45) is 0 Å². The number of aryl methyl sites for hydroxylation is 1. The Hall–Kier alpha value is -1.36. The predicted molar refractivity (Wildman–Crippen MR) is 109 cm³/mol. The van der Waals surface area contributed by atoms with Crippen molar-refractivity contribution in [3.05, 3.63) is 35.4 Å². The molecule has 148 valence electrons. The van der Waals surface area contributed by atoms with Gasteiger partial charge in [0, 0.05) is 11.6 Å². The number of unbranched alkanes of at least 4 members (excludes halogenated alkanes) is 4. The van der Waals surface area contributed by atoms with Crippen LogP contribution in [0.2, 0.25) is 0 Å². The summed E-state index contributed by atoms with van der Waals surface area (Å²) in [7, 11) is -2.99. The first kappa shape index (κ1) is 22.7. The van der Waals surface area contributed by atoms with Crippen LogP contribution in [0.4, 0.5) is 0 Å². The zero-order valence-corrected chi connectivity index (χ0v) is 17.8. The van der Waals surface area contributed by atoms with E-state index < -0.39 is 14.6 Å². The second-order valence-corrected chi connectivity index (χ2v) is 11.1. The Kier molecular flexibility index (Phi) is 8.81. The van der Waals surface area contributed by atoms with Gasteiger partial charge in [-0.05, 0) is 71.6 Å². The van der Waals surface area contributed by atoms with Gasteiger partial charge in [-0.25, -0.2) is 8.42 Å². The Morgan fingerprint density at radius 2 is 1.65 bits per heavy atom. The fraction of sp³-hybridized carbons (Fsp3) is 0.667. The third-order valence-corrected chi connectivity index (χ3v) is 7.11. The Morgan fingerprint density at radius 1 is 1.04 bits per heavy atom. The van der Waals surface area contributed by atoms with Gasteiger partial charge in [-0.1, -0.05) is 31.4 Å². The minimum atomic E-state index is -2.99. The van der Waals surface area contributed by atoms with Crippen molar-refractivity contribution in [1.82, 2.24) is 5.32 Å². The number of benzene rings is 1. The molecule has 1 N–H and O–H groups in total. The molecule has 1 amide bonds. The smallest absolute Gasteiger partial charge is 0.251 e. The number of hydrogen-bond acceptors (Lipinski definition) is 3. The topological polar surface area (TPSA) is 63.2 Å². The number of rotatable bonds is 10. The van der Waals surface area contributed by atoms with Gasteiger partial charge < -0.3 is 5.32 Å². The van der Waals surface area contributed by atoms with Gasteiger partial charge in [0.1, 0.15) is 0 Å². The summed E-state index contributed by atoms with van der Waals surface area (Å²) in [4.78, 5) is 12.0. The van der Waals surface area contributed by atoms with E-state index in [1.54, 1.807) is 20.8 Å². The zero-order chi connectivity index (χ0) is 19.8. The maximum Gasteiger partial charge on any atom is 0.251 e. The molecule has 26 heavy (non-hydrogen) atoms. The minimum Gasteiger partial charge on any atom is -0.350 e. The molecule has 0 aromatic heterocycles. The van der Waals surface area contributed by atoms with Crippen LogP contribution in [0.1, 0.15) is 82.6 Å². The lowest BCUT2D eigenvalue weighted by molar-refractivity contribution is 0.0943. The maximum absolute atomic E-state index is 12.0. The van der Waals surface area contributed by atoms with E-state index in [0.29, 0.717) is 5.56 Å². The van der Waals surface area contributed by atoms with Crippen LogP contribution < -0.4 is 5.32 Å². The summed E-state index contributed by atoms with van der Waals surface area (Å²) in [5.74, 6) is 0.255. The van der Waals surface area contributed by atoms with Crippen LogP contribution in [0.25, 0.3) is 0 Å². The lowest BCUT2D eigenvalue weighted by Crippen LogP contribution is -2.30. The van der Waals surface area contributed by atoms with Crippen molar-refractivity contribution in [2.45, 2.75) is 83.9 Å². The normalized spacial score (nSPS) is 12.4. The molecule has 0 atom stereocenters. The highest BCUT2D eigenvalue weighted by Gasteiger charge is 2.27. The zero-order valence-electron chi connectivity index (χ0n) is 17.0. The molecule has 5 heteroatoms. The van der Waals surface area contributed by atoms with E-state index in [1.165, 1.54) is 5.56 Å². The number of hydrogen-bond donors (Lipinski definition) is 1. The van der Waals surface area contributed by atoms with Crippen LogP contribution in [0.5, 0.6) is 0 Å². The third-order valence-electron chi connectivity index (χ3n) is 4.42. The molecule has 1 rings (SSSR count). The number of carbonyl (C=O) groups is 1. The highest BCUT2D eigenvalue weighted by atomic mass is 32.2. The summed E-state index contributed by atoms with van der Waals surface area (Å²) in [6, 6.07) is 7.93. The molecule has 0 unspecified atom stereocenters. The van der Waals surface area contributed by atoms with Gasteiger partial charge in [0.2, 0.25) is 0 Å². The van der Waals surface area contributed by atoms with E-state index >= 15 is 0 Å². The SMILES string of the molecule is CC(C)NC(=O)c1cccc(CCCCCCCS(=O)(=O)C(C)(C)C)c1. The van der Waals surface area contributed by atoms with Crippen molar-refractivity contribution >= 4 is 15.7 Å². The van der Waals surface area contributed by atoms with Crippen molar-refractivity contribution in [3.8, 4) is 0 Å². The molecule has 0 spiro atoms. The lowest BCUT2D eigenvalue weighted by atomic mass is 10.0. The third kappa shape index (κ3) is 7.90. The van der Waals surface area contributed by atoms with Gasteiger partial charge in [0.25, 0.3) is 5.91 Å². The Morgan fingerprint density at radius 3 is 2.27 bits per heavy atom. The van der Waals surface area contributed by atoms with E-state index in [1.807, 2.05) is 32.0 Å². The van der Waals surface area contributed by atoms with Gasteiger partial charge in [-0.3, -0.25) is 4.79 Å². The van der Waals surface area contributed by atoms with Crippen LogP contribution in [0.3, 0.4) is 0 Å². The van der Waals surface area contributed by atoms with E-state index in [4.69, 9.17) is 0 Å². The first-order valence-corrected chi connectivity index (χ1v) is 11.3. The lowest BCUT2D eigenvalue weighted by Gasteiger charge is -2.18. The predicted octanol–water partition coefficient (Wildman–Crippen LogP) is 4.53. The van der Waals surface area contributed by atoms with Crippen LogP contribution in [-0.2, 0) is 16.3 Å². The van der Waals surface area contributed by atoms with Gasteiger partial charge in [-0.2, -0.15) is 0 Å². The Bertz CT molecular complexity index is 673. The summed E-state index contributed by atoms with van der Waals surface area (Å²) in [5, 5.41) is 2.91. The molecule has 0 aliphatic rings. The highest BCUT2D eigenvalue weighted by Crippen LogP contribution is 2.18. The average Bonchev–Trinajstić information content (AvgIpc) is 2.52. The first-order chi connectivity index (χ1) is 12.0. The largest absolute Gasteiger partial charge is 0.350 e. The molecule has 4 nitrogen and oxygen atoms in total. The number of amides is 1. The summed E-state index contributed by atoms with van der Waals surface area (Å²) in [6.07, 6.45) is 5.83. The van der Waals surface area contributed by atoms with Crippen molar-refractivity contribution in [1.29, 1.82) is 0 Å². The summed E-state index contributed by atoms with van der Waals surface area (Å²) < 4.78 is 23.4. The van der Waals surface area contributed by atoms with Gasteiger partial charge >= 0.3 is 0 Å². The summed E-state index contributed by atoms with van der Waals surface area (Å²) in [5.41, 5.74) is 1.89. The van der Waals surface area contributed by atoms with Gasteiger partial charge in [-0.15, -0.1) is 0 Å².